The van der Waals surface area contributed by atoms with Crippen molar-refractivity contribution < 1.29 is 4.74 Å². The average molecular weight is 280 g/mol. The molecule has 1 aliphatic rings. The van der Waals surface area contributed by atoms with Crippen LogP contribution in [0.25, 0.3) is 0 Å². The molecule has 0 spiro atoms. The molecule has 0 saturated heterocycles. The molecule has 0 aliphatic carbocycles. The molecule has 3 rings (SSSR count). The quantitative estimate of drug-likeness (QED) is 0.852. The van der Waals surface area contributed by atoms with E-state index in [1.165, 1.54) is 16.8 Å². The van der Waals surface area contributed by atoms with Gasteiger partial charge in [0.2, 0.25) is 0 Å². The summed E-state index contributed by atoms with van der Waals surface area (Å²) in [4.78, 5) is 9.06. The summed E-state index contributed by atoms with van der Waals surface area (Å²) in [6.45, 7) is 2.21. The SMILES string of the molecule is CC[C@@H]1N=C(c2ccc(OC)cc2)C[C@H]1c1ccncc1. The zero-order chi connectivity index (χ0) is 14.7. The Morgan fingerprint density at radius 1 is 1.10 bits per heavy atom. The molecule has 0 radical (unpaired) electrons. The van der Waals surface area contributed by atoms with Crippen molar-refractivity contribution in [2.45, 2.75) is 31.7 Å². The maximum absolute atomic E-state index is 5.22. The van der Waals surface area contributed by atoms with E-state index in [1.807, 2.05) is 24.5 Å². The Balaban J connectivity index is 1.84. The Bertz CT molecular complexity index is 619. The number of aliphatic imine (C=N–C) groups is 1. The van der Waals surface area contributed by atoms with Gasteiger partial charge in [-0.25, -0.2) is 0 Å². The van der Waals surface area contributed by atoms with Gasteiger partial charge < -0.3 is 4.74 Å². The van der Waals surface area contributed by atoms with Crippen molar-refractivity contribution in [3.8, 4) is 5.75 Å². The van der Waals surface area contributed by atoms with Gasteiger partial charge in [-0.1, -0.05) is 6.92 Å². The number of methoxy groups -OCH3 is 1. The van der Waals surface area contributed by atoms with Crippen LogP contribution in [0.4, 0.5) is 0 Å². The summed E-state index contributed by atoms with van der Waals surface area (Å²) in [5, 5.41) is 0. The summed E-state index contributed by atoms with van der Waals surface area (Å²) in [6, 6.07) is 12.8. The lowest BCUT2D eigenvalue weighted by Crippen LogP contribution is -2.11. The van der Waals surface area contributed by atoms with Crippen LogP contribution in [0.1, 0.15) is 36.8 Å². The molecule has 2 aromatic rings. The minimum atomic E-state index is 0.365. The van der Waals surface area contributed by atoms with Crippen LogP contribution in [0.5, 0.6) is 5.75 Å². The van der Waals surface area contributed by atoms with Gasteiger partial charge in [0.05, 0.1) is 13.2 Å². The molecule has 1 aliphatic heterocycles. The van der Waals surface area contributed by atoms with Gasteiger partial charge in [-0.05, 0) is 60.4 Å². The largest absolute Gasteiger partial charge is 0.497 e. The van der Waals surface area contributed by atoms with E-state index in [4.69, 9.17) is 9.73 Å². The molecule has 0 saturated carbocycles. The van der Waals surface area contributed by atoms with Crippen LogP contribution in [0.2, 0.25) is 0 Å². The van der Waals surface area contributed by atoms with E-state index < -0.39 is 0 Å². The minimum absolute atomic E-state index is 0.365. The van der Waals surface area contributed by atoms with E-state index in [0.717, 1.165) is 18.6 Å². The van der Waals surface area contributed by atoms with Crippen LogP contribution in [-0.4, -0.2) is 23.8 Å². The minimum Gasteiger partial charge on any atom is -0.497 e. The van der Waals surface area contributed by atoms with Gasteiger partial charge >= 0.3 is 0 Å². The number of benzene rings is 1. The van der Waals surface area contributed by atoms with Crippen molar-refractivity contribution in [3.63, 3.8) is 0 Å². The highest BCUT2D eigenvalue weighted by molar-refractivity contribution is 6.02. The van der Waals surface area contributed by atoms with Gasteiger partial charge in [-0.2, -0.15) is 0 Å². The van der Waals surface area contributed by atoms with Crippen molar-refractivity contribution >= 4 is 5.71 Å². The van der Waals surface area contributed by atoms with Crippen LogP contribution in [0, 0.1) is 0 Å². The van der Waals surface area contributed by atoms with E-state index in [0.29, 0.717) is 12.0 Å². The second-order valence-corrected chi connectivity index (χ2v) is 5.37. The zero-order valence-electron chi connectivity index (χ0n) is 12.5. The molecular formula is C18H20N2O. The lowest BCUT2D eigenvalue weighted by Gasteiger charge is -2.16. The zero-order valence-corrected chi connectivity index (χ0v) is 12.5. The molecule has 2 heterocycles. The fourth-order valence-corrected chi connectivity index (χ4v) is 2.99. The third-order valence-corrected chi connectivity index (χ3v) is 4.18. The first-order valence-electron chi connectivity index (χ1n) is 7.43. The van der Waals surface area contributed by atoms with E-state index >= 15 is 0 Å². The molecule has 108 valence electrons. The molecule has 2 atom stereocenters. The molecule has 0 N–H and O–H groups in total. The van der Waals surface area contributed by atoms with Crippen LogP contribution in [-0.2, 0) is 0 Å². The normalized spacial score (nSPS) is 21.1. The molecule has 3 heteroatoms. The van der Waals surface area contributed by atoms with Crippen molar-refractivity contribution in [2.75, 3.05) is 7.11 Å². The maximum Gasteiger partial charge on any atom is 0.118 e. The molecule has 0 fully saturated rings. The Morgan fingerprint density at radius 2 is 1.81 bits per heavy atom. The topological polar surface area (TPSA) is 34.5 Å². The summed E-state index contributed by atoms with van der Waals surface area (Å²) in [7, 11) is 1.69. The standard InChI is InChI=1S/C18H20N2O/c1-3-17-16(13-8-10-19-11-9-13)12-18(20-17)14-4-6-15(21-2)7-5-14/h4-11,16-17H,3,12H2,1-2H3/t16-,17-/m0/s1. The Labute approximate surface area is 125 Å². The molecule has 1 aromatic carbocycles. The van der Waals surface area contributed by atoms with Crippen LogP contribution in [0.3, 0.4) is 0 Å². The summed E-state index contributed by atoms with van der Waals surface area (Å²) < 4.78 is 5.22. The van der Waals surface area contributed by atoms with Crippen LogP contribution in [0.15, 0.2) is 53.8 Å². The van der Waals surface area contributed by atoms with Crippen LogP contribution >= 0.6 is 0 Å². The fraction of sp³-hybridized carbons (Fsp3) is 0.333. The molecule has 3 nitrogen and oxygen atoms in total. The predicted molar refractivity (Wildman–Crippen MR) is 85.2 cm³/mol. The molecule has 1 aromatic heterocycles. The Kier molecular flexibility index (Phi) is 4.00. The third kappa shape index (κ3) is 2.82. The van der Waals surface area contributed by atoms with Gasteiger partial charge in [0.1, 0.15) is 5.75 Å². The first-order valence-corrected chi connectivity index (χ1v) is 7.43. The number of hydrogen-bond donors (Lipinski definition) is 0. The number of aromatic nitrogens is 1. The summed E-state index contributed by atoms with van der Waals surface area (Å²) >= 11 is 0. The molecule has 0 amide bonds. The summed E-state index contributed by atoms with van der Waals surface area (Å²) in [5.41, 5.74) is 3.74. The number of rotatable bonds is 4. The number of pyridine rings is 1. The third-order valence-electron chi connectivity index (χ3n) is 4.18. The summed E-state index contributed by atoms with van der Waals surface area (Å²) in [6.07, 6.45) is 5.79. The van der Waals surface area contributed by atoms with Crippen molar-refractivity contribution in [3.05, 3.63) is 59.9 Å². The predicted octanol–water partition coefficient (Wildman–Crippen LogP) is 3.85. The lowest BCUT2D eigenvalue weighted by molar-refractivity contribution is 0.415. The first-order chi connectivity index (χ1) is 10.3. The monoisotopic (exact) mass is 280 g/mol. The number of nitrogens with zero attached hydrogens (tertiary/aromatic N) is 2. The first kappa shape index (κ1) is 13.8. The van der Waals surface area contributed by atoms with Gasteiger partial charge in [0.25, 0.3) is 0 Å². The van der Waals surface area contributed by atoms with Gasteiger partial charge in [0.15, 0.2) is 0 Å². The molecular weight excluding hydrogens is 260 g/mol. The van der Waals surface area contributed by atoms with Gasteiger partial charge in [-0.3, -0.25) is 9.98 Å². The fourth-order valence-electron chi connectivity index (χ4n) is 2.99. The molecule has 21 heavy (non-hydrogen) atoms. The van der Waals surface area contributed by atoms with E-state index in [2.05, 4.69) is 36.2 Å². The number of hydrogen-bond acceptors (Lipinski definition) is 3. The lowest BCUT2D eigenvalue weighted by atomic mass is 9.88. The average Bonchev–Trinajstić information content (AvgIpc) is 3.00. The van der Waals surface area contributed by atoms with E-state index in [-0.39, 0.29) is 0 Å². The highest BCUT2D eigenvalue weighted by atomic mass is 16.5. The van der Waals surface area contributed by atoms with Crippen molar-refractivity contribution in [1.29, 1.82) is 0 Å². The highest BCUT2D eigenvalue weighted by Crippen LogP contribution is 2.35. The van der Waals surface area contributed by atoms with E-state index in [1.54, 1.807) is 7.11 Å². The highest BCUT2D eigenvalue weighted by Gasteiger charge is 2.29. The van der Waals surface area contributed by atoms with Crippen molar-refractivity contribution in [1.82, 2.24) is 4.98 Å². The Hall–Kier alpha value is -2.16. The maximum atomic E-state index is 5.22. The molecule has 0 bridgehead atoms. The second kappa shape index (κ2) is 6.08. The van der Waals surface area contributed by atoms with Crippen LogP contribution < -0.4 is 4.74 Å². The van der Waals surface area contributed by atoms with Gasteiger partial charge in [0, 0.05) is 24.0 Å². The Morgan fingerprint density at radius 3 is 2.43 bits per heavy atom. The van der Waals surface area contributed by atoms with E-state index in [9.17, 15) is 0 Å². The number of ether oxygens (including phenoxy) is 1. The van der Waals surface area contributed by atoms with Gasteiger partial charge in [-0.15, -0.1) is 0 Å². The summed E-state index contributed by atoms with van der Waals surface area (Å²) in [5.74, 6) is 1.35. The smallest absolute Gasteiger partial charge is 0.118 e. The van der Waals surface area contributed by atoms with Crippen molar-refractivity contribution in [2.24, 2.45) is 4.99 Å². The second-order valence-electron chi connectivity index (χ2n) is 5.37. The molecule has 0 unspecified atom stereocenters.